The van der Waals surface area contributed by atoms with Gasteiger partial charge in [-0.25, -0.2) is 4.98 Å². The van der Waals surface area contributed by atoms with Crippen LogP contribution in [0.4, 0.5) is 13.2 Å². The summed E-state index contributed by atoms with van der Waals surface area (Å²) >= 11 is 0. The van der Waals surface area contributed by atoms with E-state index >= 15 is 0 Å². The molecule has 0 aliphatic heterocycles. The smallest absolute Gasteiger partial charge is 0.416 e. The number of aromatic nitrogens is 1. The number of nitrogens with zero attached hydrogens (tertiary/aromatic N) is 1. The second-order valence-electron chi connectivity index (χ2n) is 2.87. The number of hydrogen-bond donors (Lipinski definition) is 1. The van der Waals surface area contributed by atoms with E-state index in [1.54, 1.807) is 0 Å². The summed E-state index contributed by atoms with van der Waals surface area (Å²) in [6, 6.07) is 1.77. The van der Waals surface area contributed by atoms with Gasteiger partial charge in [-0.15, -0.1) is 0 Å². The molecule has 1 aromatic rings. The van der Waals surface area contributed by atoms with Gasteiger partial charge in [0.15, 0.2) is 0 Å². The number of alkyl halides is 3. The fourth-order valence-electron chi connectivity index (χ4n) is 0.925. The molecule has 2 N–H and O–H groups in total. The Morgan fingerprint density at radius 2 is 2.13 bits per heavy atom. The fourth-order valence-corrected chi connectivity index (χ4v) is 0.925. The van der Waals surface area contributed by atoms with Gasteiger partial charge in [0.05, 0.1) is 12.2 Å². The van der Waals surface area contributed by atoms with Gasteiger partial charge in [0, 0.05) is 12.3 Å². The van der Waals surface area contributed by atoms with E-state index in [4.69, 9.17) is 10.5 Å². The Labute approximate surface area is 85.1 Å². The molecule has 15 heavy (non-hydrogen) atoms. The third kappa shape index (κ3) is 3.75. The van der Waals surface area contributed by atoms with Crippen LogP contribution in [-0.2, 0) is 6.18 Å². The second-order valence-corrected chi connectivity index (χ2v) is 2.87. The summed E-state index contributed by atoms with van der Waals surface area (Å²) in [4.78, 5) is 3.66. The number of ether oxygens (including phenoxy) is 1. The maximum Gasteiger partial charge on any atom is 0.416 e. The molecule has 0 aliphatic carbocycles. The first-order valence-corrected chi connectivity index (χ1v) is 4.40. The predicted molar refractivity (Wildman–Crippen MR) is 48.4 cm³/mol. The molecule has 84 valence electrons. The largest absolute Gasteiger partial charge is 0.478 e. The van der Waals surface area contributed by atoms with E-state index in [0.717, 1.165) is 18.3 Å². The maximum absolute atomic E-state index is 12.3. The molecule has 1 aromatic heterocycles. The lowest BCUT2D eigenvalue weighted by molar-refractivity contribution is -0.137. The summed E-state index contributed by atoms with van der Waals surface area (Å²) < 4.78 is 41.7. The lowest BCUT2D eigenvalue weighted by Gasteiger charge is -2.08. The summed E-state index contributed by atoms with van der Waals surface area (Å²) in [6.07, 6.45) is -2.71. The van der Waals surface area contributed by atoms with Crippen LogP contribution in [0.2, 0.25) is 0 Å². The molecule has 0 spiro atoms. The topological polar surface area (TPSA) is 48.1 Å². The van der Waals surface area contributed by atoms with Crippen LogP contribution in [0.1, 0.15) is 12.0 Å². The molecule has 0 saturated carbocycles. The molecule has 0 unspecified atom stereocenters. The van der Waals surface area contributed by atoms with Gasteiger partial charge in [-0.1, -0.05) is 0 Å². The van der Waals surface area contributed by atoms with Crippen molar-refractivity contribution in [2.75, 3.05) is 13.2 Å². The monoisotopic (exact) mass is 220 g/mol. The third-order valence-electron chi connectivity index (χ3n) is 1.66. The highest BCUT2D eigenvalue weighted by Crippen LogP contribution is 2.30. The number of nitrogens with two attached hydrogens (primary N) is 1. The van der Waals surface area contributed by atoms with Crippen molar-refractivity contribution in [3.8, 4) is 5.88 Å². The molecule has 0 bridgehead atoms. The summed E-state index contributed by atoms with van der Waals surface area (Å²) in [5.74, 6) is -0.0294. The summed E-state index contributed by atoms with van der Waals surface area (Å²) in [7, 11) is 0. The molecule has 0 aliphatic rings. The van der Waals surface area contributed by atoms with Crippen molar-refractivity contribution in [2.45, 2.75) is 12.6 Å². The number of rotatable bonds is 4. The molecule has 6 heteroatoms. The van der Waals surface area contributed by atoms with Crippen molar-refractivity contribution in [3.05, 3.63) is 23.9 Å². The van der Waals surface area contributed by atoms with E-state index in [9.17, 15) is 13.2 Å². The van der Waals surface area contributed by atoms with Crippen molar-refractivity contribution in [1.82, 2.24) is 4.98 Å². The van der Waals surface area contributed by atoms with E-state index in [1.807, 2.05) is 0 Å². The van der Waals surface area contributed by atoms with Crippen LogP contribution >= 0.6 is 0 Å². The molecule has 0 aromatic carbocycles. The fraction of sp³-hybridized carbons (Fsp3) is 0.444. The Bertz CT molecular complexity index is 314. The Morgan fingerprint density at radius 3 is 2.73 bits per heavy atom. The first kappa shape index (κ1) is 11.8. The summed E-state index contributed by atoms with van der Waals surface area (Å²) in [6.45, 7) is 0.698. The summed E-state index contributed by atoms with van der Waals surface area (Å²) in [5, 5.41) is 0. The zero-order valence-corrected chi connectivity index (χ0v) is 7.92. The van der Waals surface area contributed by atoms with Gasteiger partial charge >= 0.3 is 6.18 Å². The lowest BCUT2D eigenvalue weighted by Crippen LogP contribution is -2.09. The minimum Gasteiger partial charge on any atom is -0.478 e. The lowest BCUT2D eigenvalue weighted by atomic mass is 10.2. The van der Waals surface area contributed by atoms with Crippen molar-refractivity contribution in [1.29, 1.82) is 0 Å². The van der Waals surface area contributed by atoms with Crippen molar-refractivity contribution in [3.63, 3.8) is 0 Å². The predicted octanol–water partition coefficient (Wildman–Crippen LogP) is 1.83. The molecule has 1 heterocycles. The number of halogens is 3. The highest BCUT2D eigenvalue weighted by Gasteiger charge is 2.30. The number of hydrogen-bond acceptors (Lipinski definition) is 3. The summed E-state index contributed by atoms with van der Waals surface area (Å²) in [5.41, 5.74) is 4.45. The van der Waals surface area contributed by atoms with Gasteiger partial charge in [0.25, 0.3) is 0 Å². The minimum atomic E-state index is -4.37. The molecule has 0 radical (unpaired) electrons. The van der Waals surface area contributed by atoms with Crippen LogP contribution in [0.25, 0.3) is 0 Å². The third-order valence-corrected chi connectivity index (χ3v) is 1.66. The van der Waals surface area contributed by atoms with Gasteiger partial charge in [-0.2, -0.15) is 13.2 Å². The quantitative estimate of drug-likeness (QED) is 0.787. The first-order chi connectivity index (χ1) is 7.04. The average molecular weight is 220 g/mol. The van der Waals surface area contributed by atoms with Gasteiger partial charge in [-0.3, -0.25) is 0 Å². The van der Waals surface area contributed by atoms with Crippen LogP contribution in [0.5, 0.6) is 5.88 Å². The van der Waals surface area contributed by atoms with Gasteiger partial charge in [0.2, 0.25) is 5.88 Å². The van der Waals surface area contributed by atoms with E-state index in [-0.39, 0.29) is 12.5 Å². The van der Waals surface area contributed by atoms with Crippen molar-refractivity contribution in [2.24, 2.45) is 5.73 Å². The zero-order valence-electron chi connectivity index (χ0n) is 7.92. The molecule has 1 rings (SSSR count). The first-order valence-electron chi connectivity index (χ1n) is 4.40. The van der Waals surface area contributed by atoms with Gasteiger partial charge in [-0.05, 0) is 19.0 Å². The van der Waals surface area contributed by atoms with Crippen molar-refractivity contribution >= 4 is 0 Å². The standard InChI is InChI=1S/C9H11F3N2O/c10-9(11,12)7-2-4-14-8(6-7)15-5-1-3-13/h2,4,6H,1,3,5,13H2. The van der Waals surface area contributed by atoms with E-state index < -0.39 is 11.7 Å². The van der Waals surface area contributed by atoms with Crippen LogP contribution < -0.4 is 10.5 Å². The van der Waals surface area contributed by atoms with E-state index in [0.29, 0.717) is 13.0 Å². The molecule has 0 saturated heterocycles. The number of pyridine rings is 1. The second kappa shape index (κ2) is 4.97. The van der Waals surface area contributed by atoms with Crippen LogP contribution in [-0.4, -0.2) is 18.1 Å². The Kier molecular flexibility index (Phi) is 3.90. The maximum atomic E-state index is 12.3. The SMILES string of the molecule is NCCCOc1cc(C(F)(F)F)ccn1. The molecular weight excluding hydrogens is 209 g/mol. The molecular formula is C9H11F3N2O. The normalized spacial score (nSPS) is 11.5. The Balaban J connectivity index is 2.66. The van der Waals surface area contributed by atoms with E-state index in [1.165, 1.54) is 0 Å². The van der Waals surface area contributed by atoms with Gasteiger partial charge in [0.1, 0.15) is 0 Å². The van der Waals surface area contributed by atoms with Gasteiger partial charge < -0.3 is 10.5 Å². The Hall–Kier alpha value is -1.30. The van der Waals surface area contributed by atoms with Crippen LogP contribution in [0, 0.1) is 0 Å². The minimum absolute atomic E-state index is 0.0294. The Morgan fingerprint density at radius 1 is 1.40 bits per heavy atom. The average Bonchev–Trinajstić information content (AvgIpc) is 2.17. The molecule has 0 fully saturated rings. The highest BCUT2D eigenvalue weighted by atomic mass is 19.4. The zero-order chi connectivity index (χ0) is 11.3. The van der Waals surface area contributed by atoms with Crippen molar-refractivity contribution < 1.29 is 17.9 Å². The highest BCUT2D eigenvalue weighted by molar-refractivity contribution is 5.22. The molecule has 3 nitrogen and oxygen atoms in total. The van der Waals surface area contributed by atoms with E-state index in [2.05, 4.69) is 4.98 Å². The van der Waals surface area contributed by atoms with Crippen LogP contribution in [0.15, 0.2) is 18.3 Å². The molecule has 0 atom stereocenters. The van der Waals surface area contributed by atoms with Crippen LogP contribution in [0.3, 0.4) is 0 Å². The molecule has 0 amide bonds.